The number of rotatable bonds is 11. The van der Waals surface area contributed by atoms with E-state index in [0.29, 0.717) is 56.2 Å². The smallest absolute Gasteiger partial charge is 0.264 e. The highest BCUT2D eigenvalue weighted by Gasteiger charge is 2.46. The number of imide groups is 2. The number of amides is 6. The van der Waals surface area contributed by atoms with Crippen LogP contribution in [0.1, 0.15) is 83.7 Å². The topological polar surface area (TPSA) is 161 Å². The summed E-state index contributed by atoms with van der Waals surface area (Å²) in [4.78, 5) is 85.6. The van der Waals surface area contributed by atoms with Gasteiger partial charge in [-0.3, -0.25) is 39.0 Å². The summed E-state index contributed by atoms with van der Waals surface area (Å²) in [5.74, 6) is -1.59. The molecule has 4 aliphatic heterocycles. The van der Waals surface area contributed by atoms with Crippen molar-refractivity contribution < 1.29 is 28.8 Å². The van der Waals surface area contributed by atoms with Crippen molar-refractivity contribution in [1.29, 1.82) is 0 Å². The second-order valence-corrected chi connectivity index (χ2v) is 14.0. The van der Waals surface area contributed by atoms with Gasteiger partial charge < -0.3 is 20.4 Å². The number of benzene rings is 2. The maximum absolute atomic E-state index is 13.4. The van der Waals surface area contributed by atoms with Gasteiger partial charge in [0.2, 0.25) is 23.6 Å². The fourth-order valence-electron chi connectivity index (χ4n) is 7.85. The number of pyridine rings is 1. The number of carbonyl (C=O) groups is 6. The third-order valence-electron chi connectivity index (χ3n) is 10.7. The summed E-state index contributed by atoms with van der Waals surface area (Å²) < 4.78 is 0. The molecule has 13 nitrogen and oxygen atoms in total. The van der Waals surface area contributed by atoms with Crippen molar-refractivity contribution in [1.82, 2.24) is 20.1 Å². The van der Waals surface area contributed by atoms with E-state index in [4.69, 9.17) is 11.6 Å². The van der Waals surface area contributed by atoms with Crippen molar-refractivity contribution in [2.24, 2.45) is 0 Å². The molecule has 2 aromatic carbocycles. The molecule has 0 radical (unpaired) electrons. The highest BCUT2D eigenvalue weighted by molar-refractivity contribution is 6.32. The van der Waals surface area contributed by atoms with Crippen molar-refractivity contribution in [3.63, 3.8) is 0 Å². The van der Waals surface area contributed by atoms with Crippen LogP contribution in [0.4, 0.5) is 17.2 Å². The van der Waals surface area contributed by atoms with Crippen molar-refractivity contribution >= 4 is 64.2 Å². The van der Waals surface area contributed by atoms with E-state index in [1.54, 1.807) is 34.2 Å². The number of hydrogen-bond donors (Lipinski definition) is 3. The first-order valence-electron chi connectivity index (χ1n) is 17.8. The zero-order valence-electron chi connectivity index (χ0n) is 28.9. The zero-order valence-corrected chi connectivity index (χ0v) is 29.6. The number of unbranched alkanes of at least 4 members (excludes halogenated alkanes) is 2. The number of fused-ring (bicyclic) bond motifs is 2. The third kappa shape index (κ3) is 6.27. The lowest BCUT2D eigenvalue weighted by Gasteiger charge is -2.35. The van der Waals surface area contributed by atoms with Gasteiger partial charge in [-0.2, -0.15) is 0 Å². The summed E-state index contributed by atoms with van der Waals surface area (Å²) in [6.07, 6.45) is 5.04. The molecule has 3 aromatic rings. The van der Waals surface area contributed by atoms with E-state index in [0.717, 1.165) is 40.4 Å². The molecule has 2 unspecified atom stereocenters. The Bertz CT molecular complexity index is 1990. The van der Waals surface area contributed by atoms with Crippen LogP contribution in [0, 0.1) is 0 Å². The first kappa shape index (κ1) is 35.1. The summed E-state index contributed by atoms with van der Waals surface area (Å²) in [6.45, 7) is 4.15. The molecule has 1 aromatic heterocycles. The quantitative estimate of drug-likeness (QED) is 0.195. The van der Waals surface area contributed by atoms with Crippen LogP contribution in [-0.2, 0) is 24.6 Å². The van der Waals surface area contributed by atoms with Gasteiger partial charge in [-0.1, -0.05) is 43.1 Å². The largest absolute Gasteiger partial charge is 0.384 e. The normalized spacial score (nSPS) is 21.2. The Balaban J connectivity index is 0.887. The number of piperidine rings is 1. The van der Waals surface area contributed by atoms with Gasteiger partial charge in [-0.15, -0.1) is 0 Å². The maximum Gasteiger partial charge on any atom is 0.264 e. The lowest BCUT2D eigenvalue weighted by Crippen LogP contribution is -2.54. The molecule has 2 saturated heterocycles. The Morgan fingerprint density at radius 2 is 1.85 bits per heavy atom. The molecule has 0 bridgehead atoms. The first-order chi connectivity index (χ1) is 25.1. The van der Waals surface area contributed by atoms with Crippen molar-refractivity contribution in [2.75, 3.05) is 48.3 Å². The van der Waals surface area contributed by atoms with E-state index < -0.39 is 29.7 Å². The van der Waals surface area contributed by atoms with E-state index >= 15 is 0 Å². The van der Waals surface area contributed by atoms with Gasteiger partial charge in [0.25, 0.3) is 11.8 Å². The lowest BCUT2D eigenvalue weighted by molar-refractivity contribution is -0.137. The zero-order chi connectivity index (χ0) is 36.6. The molecule has 7 rings (SSSR count). The first-order valence-corrected chi connectivity index (χ1v) is 18.2. The maximum atomic E-state index is 13.4. The molecule has 2 atom stereocenters. The van der Waals surface area contributed by atoms with Crippen LogP contribution in [0.25, 0.3) is 0 Å². The summed E-state index contributed by atoms with van der Waals surface area (Å²) in [7, 11) is 0. The molecule has 4 aliphatic rings. The number of hydrogen-bond acceptors (Lipinski definition) is 9. The van der Waals surface area contributed by atoms with E-state index in [9.17, 15) is 28.8 Å². The Morgan fingerprint density at radius 1 is 1.02 bits per heavy atom. The third-order valence-corrected chi connectivity index (χ3v) is 11.0. The molecule has 0 saturated carbocycles. The second kappa shape index (κ2) is 14.4. The van der Waals surface area contributed by atoms with E-state index in [1.807, 2.05) is 18.2 Å². The highest BCUT2D eigenvalue weighted by Crippen LogP contribution is 2.47. The van der Waals surface area contributed by atoms with Gasteiger partial charge in [-0.05, 0) is 61.6 Å². The van der Waals surface area contributed by atoms with Gasteiger partial charge in [0.05, 0.1) is 11.1 Å². The fourth-order valence-corrected chi connectivity index (χ4v) is 8.18. The fraction of sp³-hybridized carbons (Fsp3) is 0.395. The van der Waals surface area contributed by atoms with Gasteiger partial charge in [0.15, 0.2) is 0 Å². The highest BCUT2D eigenvalue weighted by atomic mass is 35.5. The van der Waals surface area contributed by atoms with Crippen molar-refractivity contribution in [3.8, 4) is 0 Å². The molecule has 6 amide bonds. The number of nitrogens with one attached hydrogen (secondary N) is 3. The van der Waals surface area contributed by atoms with Crippen molar-refractivity contribution in [3.05, 3.63) is 82.0 Å². The minimum atomic E-state index is -1.02. The molecular weight excluding hydrogens is 686 g/mol. The molecule has 5 heterocycles. The summed E-state index contributed by atoms with van der Waals surface area (Å²) in [5, 5.41) is 9.51. The number of halogens is 1. The van der Waals surface area contributed by atoms with Crippen molar-refractivity contribution in [2.45, 2.75) is 63.3 Å². The van der Waals surface area contributed by atoms with Crippen LogP contribution < -0.4 is 20.9 Å². The minimum absolute atomic E-state index is 0.0192. The Kier molecular flexibility index (Phi) is 9.71. The Labute approximate surface area is 306 Å². The van der Waals surface area contributed by atoms with E-state index in [2.05, 4.69) is 40.0 Å². The molecule has 52 heavy (non-hydrogen) atoms. The van der Waals surface area contributed by atoms with Gasteiger partial charge in [0, 0.05) is 72.6 Å². The number of piperazine rings is 1. The molecule has 270 valence electrons. The predicted molar refractivity (Wildman–Crippen MR) is 194 cm³/mol. The predicted octanol–water partition coefficient (Wildman–Crippen LogP) is 4.11. The van der Waals surface area contributed by atoms with Crippen LogP contribution in [-0.4, -0.2) is 89.0 Å². The van der Waals surface area contributed by atoms with Crippen LogP contribution in [0.5, 0.6) is 0 Å². The number of carbonyl (C=O) groups excluding carboxylic acids is 6. The van der Waals surface area contributed by atoms with E-state index in [-0.39, 0.29) is 47.7 Å². The van der Waals surface area contributed by atoms with Gasteiger partial charge >= 0.3 is 0 Å². The van der Waals surface area contributed by atoms with Crippen LogP contribution in [0.2, 0.25) is 5.02 Å². The standard InChI is InChI=1S/C38H40ClN7O6/c1-2-38(22-42-34-33(38)26(39)15-17-41-34)23-8-6-9-24(20-23)45-19-18-44(21-31(45)49)30(48)12-4-3-5-16-40-27-11-7-10-25-32(27)37(52)46(36(25)51)28-13-14-29(47)43-35(28)50/h6-11,15,17,20,28,40H,2-5,12-14,16,18-19,21-22H2,1H3,(H,41,42)(H,43,47,50). The van der Waals surface area contributed by atoms with Crippen LogP contribution in [0.3, 0.4) is 0 Å². The van der Waals surface area contributed by atoms with E-state index in [1.165, 1.54) is 0 Å². The number of aromatic nitrogens is 1. The summed E-state index contributed by atoms with van der Waals surface area (Å²) in [6, 6.07) is 13.7. The minimum Gasteiger partial charge on any atom is -0.384 e. The Morgan fingerprint density at radius 3 is 2.63 bits per heavy atom. The summed E-state index contributed by atoms with van der Waals surface area (Å²) >= 11 is 6.66. The average molecular weight is 726 g/mol. The molecule has 0 aliphatic carbocycles. The number of anilines is 3. The lowest BCUT2D eigenvalue weighted by atomic mass is 9.74. The molecule has 2 fully saturated rings. The molecular formula is C38H40ClN7O6. The summed E-state index contributed by atoms with van der Waals surface area (Å²) in [5.41, 5.74) is 3.39. The number of nitrogens with zero attached hydrogens (tertiary/aromatic N) is 4. The Hall–Kier alpha value is -5.30. The van der Waals surface area contributed by atoms with Gasteiger partial charge in [0.1, 0.15) is 18.4 Å². The molecule has 14 heteroatoms. The van der Waals surface area contributed by atoms with Crippen LogP contribution in [0.15, 0.2) is 54.7 Å². The molecule has 0 spiro atoms. The van der Waals surface area contributed by atoms with Gasteiger partial charge in [-0.25, -0.2) is 4.98 Å². The van der Waals surface area contributed by atoms with Crippen LogP contribution >= 0.6 is 11.6 Å². The monoisotopic (exact) mass is 725 g/mol. The average Bonchev–Trinajstić information content (AvgIpc) is 3.66. The SMILES string of the molecule is CCC1(c2cccc(N3CCN(C(=O)CCCCCNc4cccc5c4C(=O)N(C4CCC(=O)NC4=O)C5=O)CC3=O)c2)CNc2nccc(Cl)c21. The second-order valence-electron chi connectivity index (χ2n) is 13.6. The molecule has 3 N–H and O–H groups in total.